The lowest BCUT2D eigenvalue weighted by atomic mass is 9.73. The van der Waals surface area contributed by atoms with Gasteiger partial charge < -0.3 is 4.74 Å². The molecule has 0 saturated heterocycles. The molecule has 1 heterocycles. The van der Waals surface area contributed by atoms with E-state index in [4.69, 9.17) is 10.00 Å². The minimum Gasteiger partial charge on any atom is -0.490 e. The second kappa shape index (κ2) is 17.7. The lowest BCUT2D eigenvalue weighted by molar-refractivity contribution is -0.138. The van der Waals surface area contributed by atoms with Gasteiger partial charge in [-0.25, -0.2) is 0 Å². The number of hydrogen-bond donors (Lipinski definition) is 0. The quantitative estimate of drug-likeness (QED) is 0.172. The summed E-state index contributed by atoms with van der Waals surface area (Å²) in [4.78, 5) is 39.7. The van der Waals surface area contributed by atoms with Crippen LogP contribution in [0.5, 0.6) is 5.75 Å². The van der Waals surface area contributed by atoms with Crippen LogP contribution in [-0.2, 0) is 26.7 Å². The number of nitrogens with zero attached hydrogens (tertiary/aromatic N) is 2. The molecule has 1 aliphatic heterocycles. The maximum absolute atomic E-state index is 13.4. The molecular formula is C38H40F6N2O4. The van der Waals surface area contributed by atoms with Gasteiger partial charge in [-0.05, 0) is 93.8 Å². The number of halogens is 6. The Bertz CT molecular complexity index is 1700. The number of anilines is 1. The highest BCUT2D eigenvalue weighted by molar-refractivity contribution is 6.15. The fraction of sp³-hybridized carbons (Fsp3) is 0.368. The van der Waals surface area contributed by atoms with Gasteiger partial charge in [-0.3, -0.25) is 19.3 Å². The lowest BCUT2D eigenvalue weighted by Gasteiger charge is -2.39. The fourth-order valence-electron chi connectivity index (χ4n) is 5.48. The monoisotopic (exact) mass is 702 g/mol. The number of carbonyl (C=O) groups excluding carboxylic acids is 3. The van der Waals surface area contributed by atoms with Crippen molar-refractivity contribution >= 4 is 23.2 Å². The Kier molecular flexibility index (Phi) is 14.6. The summed E-state index contributed by atoms with van der Waals surface area (Å²) >= 11 is 0. The summed E-state index contributed by atoms with van der Waals surface area (Å²) in [7, 11) is 0. The minimum absolute atomic E-state index is 0.0664. The van der Waals surface area contributed by atoms with Crippen LogP contribution in [-0.4, -0.2) is 23.6 Å². The molecule has 0 aliphatic carbocycles. The van der Waals surface area contributed by atoms with Crippen molar-refractivity contribution in [3.8, 4) is 11.8 Å². The molecule has 6 nitrogen and oxygen atoms in total. The van der Waals surface area contributed by atoms with Crippen molar-refractivity contribution in [1.29, 1.82) is 5.26 Å². The molecule has 0 N–H and O–H groups in total. The Morgan fingerprint density at radius 1 is 0.860 bits per heavy atom. The van der Waals surface area contributed by atoms with E-state index in [2.05, 4.69) is 0 Å². The second-order valence-electron chi connectivity index (χ2n) is 11.2. The summed E-state index contributed by atoms with van der Waals surface area (Å²) in [6.07, 6.45) is -7.15. The van der Waals surface area contributed by atoms with Crippen LogP contribution >= 0.6 is 0 Å². The highest BCUT2D eigenvalue weighted by Gasteiger charge is 2.46. The van der Waals surface area contributed by atoms with Gasteiger partial charge in [-0.1, -0.05) is 45.9 Å². The Balaban J connectivity index is 0.000000405. The molecule has 2 unspecified atom stereocenters. The van der Waals surface area contributed by atoms with Crippen molar-refractivity contribution in [3.63, 3.8) is 0 Å². The summed E-state index contributed by atoms with van der Waals surface area (Å²) in [5.41, 5.74) is -0.499. The first-order chi connectivity index (χ1) is 23.4. The van der Waals surface area contributed by atoms with E-state index in [-0.39, 0.29) is 23.1 Å². The number of ketones is 2. The van der Waals surface area contributed by atoms with Gasteiger partial charge in [0.05, 0.1) is 28.9 Å². The van der Waals surface area contributed by atoms with Gasteiger partial charge >= 0.3 is 12.4 Å². The van der Waals surface area contributed by atoms with Gasteiger partial charge in [0.1, 0.15) is 17.5 Å². The predicted molar refractivity (Wildman–Crippen MR) is 178 cm³/mol. The first kappa shape index (κ1) is 41.3. The summed E-state index contributed by atoms with van der Waals surface area (Å²) < 4.78 is 82.0. The molecule has 0 radical (unpaired) electrons. The molecule has 3 aromatic carbocycles. The lowest BCUT2D eigenvalue weighted by Crippen LogP contribution is -2.47. The first-order valence-corrected chi connectivity index (χ1v) is 16.0. The zero-order valence-electron chi connectivity index (χ0n) is 28.9. The standard InChI is InChI=1S/C24H19F3N2O3.C12H15F3O.C2H6/c1-13-20(14(2)30)22(17-9-7-16(12-28)8-10-17)21(15(3)31)23(32)29(13)19-6-4-5-18(11-19)24(25,26)27;1-3-10(4-2)16-11-7-5-9(6-8-11)12(13,14)15;1-2/h4-11,21-22H,1-3H3;5-8,10H,3-4H2,1-2H3;1-2H3. The van der Waals surface area contributed by atoms with Crippen LogP contribution in [0.4, 0.5) is 32.0 Å². The number of ether oxygens (including phenoxy) is 1. The molecular weight excluding hydrogens is 662 g/mol. The highest BCUT2D eigenvalue weighted by Crippen LogP contribution is 2.44. The maximum atomic E-state index is 13.4. The zero-order valence-corrected chi connectivity index (χ0v) is 28.9. The predicted octanol–water partition coefficient (Wildman–Crippen LogP) is 10.1. The molecule has 2 atom stereocenters. The van der Waals surface area contributed by atoms with E-state index in [1.54, 1.807) is 12.1 Å². The molecule has 12 heteroatoms. The van der Waals surface area contributed by atoms with Gasteiger partial charge in [-0.2, -0.15) is 31.6 Å². The first-order valence-electron chi connectivity index (χ1n) is 16.0. The van der Waals surface area contributed by atoms with Crippen LogP contribution in [0.2, 0.25) is 0 Å². The molecule has 4 rings (SSSR count). The Labute approximate surface area is 288 Å². The van der Waals surface area contributed by atoms with Crippen LogP contribution in [0.3, 0.4) is 0 Å². The van der Waals surface area contributed by atoms with Gasteiger partial charge in [0.2, 0.25) is 5.91 Å². The van der Waals surface area contributed by atoms with E-state index in [9.17, 15) is 40.7 Å². The average molecular weight is 703 g/mol. The average Bonchev–Trinajstić information content (AvgIpc) is 3.07. The summed E-state index contributed by atoms with van der Waals surface area (Å²) in [6, 6.07) is 17.2. The van der Waals surface area contributed by atoms with Gasteiger partial charge in [0.25, 0.3) is 0 Å². The molecule has 0 spiro atoms. The van der Waals surface area contributed by atoms with E-state index in [1.165, 1.54) is 57.2 Å². The van der Waals surface area contributed by atoms with E-state index < -0.39 is 52.8 Å². The topological polar surface area (TPSA) is 87.5 Å². The normalized spacial score (nSPS) is 16.1. The Hall–Kier alpha value is -4.92. The molecule has 268 valence electrons. The fourth-order valence-corrected chi connectivity index (χ4v) is 5.48. The molecule has 3 aromatic rings. The van der Waals surface area contributed by atoms with Crippen LogP contribution in [0.25, 0.3) is 0 Å². The number of rotatable bonds is 8. The van der Waals surface area contributed by atoms with Crippen molar-refractivity contribution in [3.05, 3.63) is 106 Å². The number of hydrogen-bond acceptors (Lipinski definition) is 5. The van der Waals surface area contributed by atoms with E-state index in [1.807, 2.05) is 33.8 Å². The van der Waals surface area contributed by atoms with Crippen molar-refractivity contribution < 1.29 is 45.5 Å². The van der Waals surface area contributed by atoms with Gasteiger partial charge in [0, 0.05) is 22.9 Å². The van der Waals surface area contributed by atoms with Crippen LogP contribution in [0, 0.1) is 17.2 Å². The number of amides is 1. The maximum Gasteiger partial charge on any atom is 0.416 e. The number of carbonyl (C=O) groups is 3. The van der Waals surface area contributed by atoms with Crippen molar-refractivity contribution in [1.82, 2.24) is 0 Å². The summed E-state index contributed by atoms with van der Waals surface area (Å²) in [5, 5.41) is 9.04. The second-order valence-corrected chi connectivity index (χ2v) is 11.2. The molecule has 0 bridgehead atoms. The Morgan fingerprint density at radius 3 is 1.84 bits per heavy atom. The van der Waals surface area contributed by atoms with Crippen LogP contribution in [0.15, 0.2) is 84.1 Å². The van der Waals surface area contributed by atoms with E-state index in [0.29, 0.717) is 16.9 Å². The summed E-state index contributed by atoms with van der Waals surface area (Å²) in [5.74, 6) is -3.37. The number of nitriles is 1. The molecule has 0 saturated carbocycles. The highest BCUT2D eigenvalue weighted by atomic mass is 19.4. The number of benzene rings is 3. The third-order valence-electron chi connectivity index (χ3n) is 7.90. The smallest absolute Gasteiger partial charge is 0.416 e. The molecule has 1 aliphatic rings. The van der Waals surface area contributed by atoms with Crippen molar-refractivity contribution in [2.75, 3.05) is 4.90 Å². The van der Waals surface area contributed by atoms with Crippen LogP contribution < -0.4 is 9.64 Å². The number of Topliss-reactive ketones (excluding diaryl/α,β-unsaturated/α-hetero) is 2. The third-order valence-corrected chi connectivity index (χ3v) is 7.90. The zero-order chi connectivity index (χ0) is 38.0. The molecule has 0 aromatic heterocycles. The van der Waals surface area contributed by atoms with Gasteiger partial charge in [-0.15, -0.1) is 0 Å². The van der Waals surface area contributed by atoms with Crippen molar-refractivity contribution in [2.24, 2.45) is 5.92 Å². The number of allylic oxidation sites excluding steroid dienone is 2. The minimum atomic E-state index is -4.62. The molecule has 50 heavy (non-hydrogen) atoms. The Morgan fingerprint density at radius 2 is 1.40 bits per heavy atom. The largest absolute Gasteiger partial charge is 0.490 e. The van der Waals surface area contributed by atoms with Crippen LogP contribution in [0.1, 0.15) is 89.5 Å². The molecule has 0 fully saturated rings. The third kappa shape index (κ3) is 10.1. The SMILES string of the molecule is CC.CC(=O)C1=C(C)N(c2cccc(C(F)(F)F)c2)C(=O)C(C(C)=O)C1c1ccc(C#N)cc1.CCC(CC)Oc1ccc(C(F)(F)F)cc1. The summed E-state index contributed by atoms with van der Waals surface area (Å²) in [6.45, 7) is 11.9. The van der Waals surface area contributed by atoms with Crippen molar-refractivity contribution in [2.45, 2.75) is 85.7 Å². The van der Waals surface area contributed by atoms with Gasteiger partial charge in [0.15, 0.2) is 5.78 Å². The number of alkyl halides is 6. The van der Waals surface area contributed by atoms with E-state index >= 15 is 0 Å². The van der Waals surface area contributed by atoms with E-state index in [0.717, 1.165) is 42.0 Å². The molecule has 1 amide bonds.